The van der Waals surface area contributed by atoms with E-state index in [1.807, 2.05) is 31.2 Å². The minimum atomic E-state index is -3.76. The average molecular weight is 515 g/mol. The van der Waals surface area contributed by atoms with Crippen LogP contribution in [0.15, 0.2) is 71.6 Å². The highest BCUT2D eigenvalue weighted by Crippen LogP contribution is 2.26. The van der Waals surface area contributed by atoms with Gasteiger partial charge in [0.15, 0.2) is 0 Å². The molecule has 0 aromatic heterocycles. The number of carbonyl (C=O) groups is 1. The number of ether oxygens (including phenoxy) is 1. The maximum Gasteiger partial charge on any atom is 0.255 e. The number of unbranched alkanes of at least 4 members (excludes halogenated alkanes) is 1. The van der Waals surface area contributed by atoms with E-state index in [0.717, 1.165) is 19.3 Å². The van der Waals surface area contributed by atoms with Gasteiger partial charge in [-0.25, -0.2) is 8.42 Å². The second kappa shape index (κ2) is 12.2. The monoisotopic (exact) mass is 514 g/mol. The number of aryl methyl sites for hydroxylation is 1. The van der Waals surface area contributed by atoms with E-state index in [9.17, 15) is 13.2 Å². The van der Waals surface area contributed by atoms with E-state index in [4.69, 9.17) is 16.3 Å². The third-order valence-electron chi connectivity index (χ3n) is 5.57. The molecule has 0 aliphatic carbocycles. The summed E-state index contributed by atoms with van der Waals surface area (Å²) in [5, 5.41) is 3.37. The molecule has 6 nitrogen and oxygen atoms in total. The number of nitrogens with one attached hydrogen (secondary N) is 1. The molecule has 0 saturated heterocycles. The number of benzene rings is 3. The lowest BCUT2D eigenvalue weighted by Crippen LogP contribution is -2.27. The molecule has 3 aromatic carbocycles. The van der Waals surface area contributed by atoms with Crippen LogP contribution < -0.4 is 10.1 Å². The van der Waals surface area contributed by atoms with Gasteiger partial charge in [0.2, 0.25) is 10.0 Å². The molecule has 1 N–H and O–H groups in total. The fraction of sp³-hybridized carbons (Fsp3) is 0.296. The standard InChI is InChI=1S/C27H31ClN2O4S/c1-4-6-7-20-8-13-24(14-9-20)29-27(31)21-10-17-26(34-5-2)22(18-21)19-30(3)35(32,33)25-15-11-23(28)12-16-25/h8-18H,4-7,19H2,1-3H3,(H,29,31). The summed E-state index contributed by atoms with van der Waals surface area (Å²) in [4.78, 5) is 13.1. The molecule has 0 spiro atoms. The normalized spacial score (nSPS) is 11.5. The fourth-order valence-corrected chi connectivity index (χ4v) is 4.87. The second-order valence-corrected chi connectivity index (χ2v) is 10.7. The molecule has 0 radical (unpaired) electrons. The number of amides is 1. The zero-order valence-corrected chi connectivity index (χ0v) is 21.8. The van der Waals surface area contributed by atoms with Crippen molar-refractivity contribution in [3.8, 4) is 5.75 Å². The van der Waals surface area contributed by atoms with Crippen LogP contribution in [0.1, 0.15) is 48.2 Å². The predicted molar refractivity (Wildman–Crippen MR) is 141 cm³/mol. The molecule has 0 aliphatic heterocycles. The van der Waals surface area contributed by atoms with Gasteiger partial charge in [-0.05, 0) is 79.9 Å². The van der Waals surface area contributed by atoms with Crippen LogP contribution in [0, 0.1) is 0 Å². The van der Waals surface area contributed by atoms with Gasteiger partial charge in [0, 0.05) is 35.4 Å². The fourth-order valence-electron chi connectivity index (χ4n) is 3.59. The quantitative estimate of drug-likeness (QED) is 0.333. The lowest BCUT2D eigenvalue weighted by atomic mass is 10.1. The Morgan fingerprint density at radius 2 is 1.69 bits per heavy atom. The molecular weight excluding hydrogens is 484 g/mol. The van der Waals surface area contributed by atoms with Crippen molar-refractivity contribution >= 4 is 33.2 Å². The molecule has 1 amide bonds. The molecule has 0 fully saturated rings. The summed E-state index contributed by atoms with van der Waals surface area (Å²) in [5.41, 5.74) is 2.94. The minimum Gasteiger partial charge on any atom is -0.494 e. The Morgan fingerprint density at radius 1 is 1.00 bits per heavy atom. The van der Waals surface area contributed by atoms with Crippen molar-refractivity contribution < 1.29 is 17.9 Å². The predicted octanol–water partition coefficient (Wildman–Crippen LogP) is 6.15. The first-order chi connectivity index (χ1) is 16.7. The van der Waals surface area contributed by atoms with Gasteiger partial charge in [-0.1, -0.05) is 37.1 Å². The summed E-state index contributed by atoms with van der Waals surface area (Å²) in [7, 11) is -2.27. The first-order valence-corrected chi connectivity index (χ1v) is 13.4. The van der Waals surface area contributed by atoms with E-state index < -0.39 is 10.0 Å². The van der Waals surface area contributed by atoms with Crippen molar-refractivity contribution in [3.05, 3.63) is 88.4 Å². The topological polar surface area (TPSA) is 75.7 Å². The molecular formula is C27H31ClN2O4S. The molecule has 0 bridgehead atoms. The van der Waals surface area contributed by atoms with Crippen molar-refractivity contribution in [2.24, 2.45) is 0 Å². The first-order valence-electron chi connectivity index (χ1n) is 11.6. The number of anilines is 1. The van der Waals surface area contributed by atoms with E-state index in [2.05, 4.69) is 12.2 Å². The maximum atomic E-state index is 13.0. The number of hydrogen-bond donors (Lipinski definition) is 1. The summed E-state index contributed by atoms with van der Waals surface area (Å²) in [6.45, 7) is 4.46. The summed E-state index contributed by atoms with van der Waals surface area (Å²) in [6, 6.07) is 18.9. The van der Waals surface area contributed by atoms with Gasteiger partial charge in [0.05, 0.1) is 11.5 Å². The van der Waals surface area contributed by atoms with Crippen molar-refractivity contribution in [2.45, 2.75) is 44.6 Å². The number of sulfonamides is 1. The lowest BCUT2D eigenvalue weighted by molar-refractivity contribution is 0.102. The highest BCUT2D eigenvalue weighted by atomic mass is 35.5. The molecule has 3 rings (SSSR count). The molecule has 0 saturated carbocycles. The number of halogens is 1. The van der Waals surface area contributed by atoms with Crippen LogP contribution in [0.3, 0.4) is 0 Å². The van der Waals surface area contributed by atoms with Crippen LogP contribution in [0.4, 0.5) is 5.69 Å². The average Bonchev–Trinajstić information content (AvgIpc) is 2.85. The molecule has 0 unspecified atom stereocenters. The van der Waals surface area contributed by atoms with E-state index >= 15 is 0 Å². The van der Waals surface area contributed by atoms with E-state index in [0.29, 0.717) is 34.2 Å². The lowest BCUT2D eigenvalue weighted by Gasteiger charge is -2.20. The molecule has 0 heterocycles. The van der Waals surface area contributed by atoms with Gasteiger partial charge in [0.1, 0.15) is 5.75 Å². The summed E-state index contributed by atoms with van der Waals surface area (Å²) in [6.07, 6.45) is 3.27. The van der Waals surface area contributed by atoms with E-state index in [1.165, 1.54) is 41.2 Å². The molecule has 8 heteroatoms. The van der Waals surface area contributed by atoms with Crippen LogP contribution in [-0.4, -0.2) is 32.3 Å². The smallest absolute Gasteiger partial charge is 0.255 e. The maximum absolute atomic E-state index is 13.0. The molecule has 35 heavy (non-hydrogen) atoms. The van der Waals surface area contributed by atoms with Gasteiger partial charge < -0.3 is 10.1 Å². The van der Waals surface area contributed by atoms with Crippen molar-refractivity contribution in [1.82, 2.24) is 4.31 Å². The van der Waals surface area contributed by atoms with Crippen molar-refractivity contribution in [2.75, 3.05) is 19.0 Å². The van der Waals surface area contributed by atoms with Gasteiger partial charge in [0.25, 0.3) is 5.91 Å². The summed E-state index contributed by atoms with van der Waals surface area (Å²) in [5.74, 6) is 0.251. The van der Waals surface area contributed by atoms with E-state index in [-0.39, 0.29) is 17.3 Å². The molecule has 186 valence electrons. The Balaban J connectivity index is 1.79. The summed E-state index contributed by atoms with van der Waals surface area (Å²) >= 11 is 5.90. The van der Waals surface area contributed by atoms with Gasteiger partial charge in [-0.3, -0.25) is 4.79 Å². The second-order valence-electron chi connectivity index (χ2n) is 8.23. The Labute approximate surface area is 212 Å². The summed E-state index contributed by atoms with van der Waals surface area (Å²) < 4.78 is 33.0. The third-order valence-corrected chi connectivity index (χ3v) is 7.64. The number of carbonyl (C=O) groups excluding carboxylic acids is 1. The van der Waals surface area contributed by atoms with Gasteiger partial charge >= 0.3 is 0 Å². The van der Waals surface area contributed by atoms with Gasteiger partial charge in [-0.15, -0.1) is 0 Å². The molecule has 0 aliphatic rings. The highest BCUT2D eigenvalue weighted by molar-refractivity contribution is 7.89. The van der Waals surface area contributed by atoms with Crippen LogP contribution in [0.25, 0.3) is 0 Å². The number of hydrogen-bond acceptors (Lipinski definition) is 4. The number of nitrogens with zero attached hydrogens (tertiary/aromatic N) is 1. The van der Waals surface area contributed by atoms with Crippen LogP contribution >= 0.6 is 11.6 Å². The van der Waals surface area contributed by atoms with Crippen LogP contribution in [0.2, 0.25) is 5.02 Å². The Bertz CT molecular complexity index is 1240. The highest BCUT2D eigenvalue weighted by Gasteiger charge is 2.23. The van der Waals surface area contributed by atoms with Gasteiger partial charge in [-0.2, -0.15) is 4.31 Å². The number of rotatable bonds is 11. The first kappa shape index (κ1) is 26.7. The van der Waals surface area contributed by atoms with Crippen molar-refractivity contribution in [3.63, 3.8) is 0 Å². The molecule has 0 atom stereocenters. The van der Waals surface area contributed by atoms with Crippen molar-refractivity contribution in [1.29, 1.82) is 0 Å². The third kappa shape index (κ3) is 7.07. The SMILES string of the molecule is CCCCc1ccc(NC(=O)c2ccc(OCC)c(CN(C)S(=O)(=O)c3ccc(Cl)cc3)c2)cc1. The largest absolute Gasteiger partial charge is 0.494 e. The molecule has 3 aromatic rings. The van der Waals surface area contributed by atoms with E-state index in [1.54, 1.807) is 18.2 Å². The zero-order valence-electron chi connectivity index (χ0n) is 20.3. The Hall–Kier alpha value is -2.87. The Kier molecular flexibility index (Phi) is 9.32. The Morgan fingerprint density at radius 3 is 2.31 bits per heavy atom. The van der Waals surface area contributed by atoms with Crippen LogP contribution in [-0.2, 0) is 23.0 Å². The minimum absolute atomic E-state index is 0.0353. The van der Waals surface area contributed by atoms with Crippen LogP contribution in [0.5, 0.6) is 5.75 Å². The zero-order chi connectivity index (χ0) is 25.4.